The topological polar surface area (TPSA) is 128 Å². The molecular formula is C48H45ClN6O4. The number of hydrogen-bond donors (Lipinski definition) is 1. The van der Waals surface area contributed by atoms with Crippen LogP contribution in [0.1, 0.15) is 101 Å². The van der Waals surface area contributed by atoms with Crippen molar-refractivity contribution in [2.75, 3.05) is 13.1 Å². The summed E-state index contributed by atoms with van der Waals surface area (Å²) in [5.41, 5.74) is 8.62. The van der Waals surface area contributed by atoms with Crippen molar-refractivity contribution >= 4 is 35.2 Å². The molecule has 4 heterocycles. The standard InChI is InChI=1S/C48H45ClN6O4/c1-30-31(2)55(52-45(30)38-18-19-39(27-50)42(49)26-38)28-35-10-8-32(9-11-35)6-7-33-13-16-37(17-14-33)47(58)53-24-22-34(23-25-53)12-15-36-4-3-5-40-41(36)29-54(48(40)59)43-20-21-44(56)51-46(43)57/h3-5,8-11,18-19,26,33-34,37,43H,13-14,16-17,20-25,28-29H2,1-2H3,(H,51,56,57)/t33-,37+,43?. The van der Waals surface area contributed by atoms with Gasteiger partial charge in [-0.2, -0.15) is 10.4 Å². The number of imide groups is 1. The third-order valence-corrected chi connectivity index (χ3v) is 12.8. The molecule has 0 radical (unpaired) electrons. The number of fused-ring (bicyclic) bond motifs is 1. The van der Waals surface area contributed by atoms with E-state index in [9.17, 15) is 24.4 Å². The van der Waals surface area contributed by atoms with Gasteiger partial charge in [0.15, 0.2) is 0 Å². The van der Waals surface area contributed by atoms with E-state index >= 15 is 0 Å². The molecule has 298 valence electrons. The van der Waals surface area contributed by atoms with Gasteiger partial charge >= 0.3 is 0 Å². The SMILES string of the molecule is Cc1c(-c2ccc(C#N)c(Cl)c2)nn(Cc2ccc(C#C[C@H]3CC[C@@H](C(=O)N4CCC(C#Cc5cccc6c5CN(C5CCC(=O)NC5=O)C6=O)CC4)CC3)cc2)c1C. The average molecular weight is 805 g/mol. The van der Waals surface area contributed by atoms with E-state index in [1.165, 1.54) is 0 Å². The molecule has 1 N–H and O–H groups in total. The van der Waals surface area contributed by atoms with Crippen molar-refractivity contribution in [1.82, 2.24) is 24.9 Å². The summed E-state index contributed by atoms with van der Waals surface area (Å²) in [7, 11) is 0. The van der Waals surface area contributed by atoms with Crippen LogP contribution >= 0.6 is 11.6 Å². The van der Waals surface area contributed by atoms with Crippen LogP contribution in [0.25, 0.3) is 11.3 Å². The van der Waals surface area contributed by atoms with Crippen molar-refractivity contribution in [3.05, 3.63) is 110 Å². The predicted molar refractivity (Wildman–Crippen MR) is 223 cm³/mol. The van der Waals surface area contributed by atoms with Gasteiger partial charge in [-0.15, -0.1) is 0 Å². The van der Waals surface area contributed by atoms with Gasteiger partial charge in [0, 0.05) is 71.8 Å². The first kappa shape index (κ1) is 39.7. The van der Waals surface area contributed by atoms with Crippen LogP contribution in [0.5, 0.6) is 0 Å². The second-order valence-electron chi connectivity index (χ2n) is 16.1. The molecule has 11 heteroatoms. The highest BCUT2D eigenvalue weighted by molar-refractivity contribution is 6.32. The van der Waals surface area contributed by atoms with Crippen molar-refractivity contribution in [2.45, 2.75) is 84.3 Å². The molecule has 3 aromatic carbocycles. The van der Waals surface area contributed by atoms with Crippen LogP contribution in [-0.2, 0) is 27.5 Å². The number of carbonyl (C=O) groups excluding carboxylic acids is 4. The third-order valence-electron chi connectivity index (χ3n) is 12.5. The summed E-state index contributed by atoms with van der Waals surface area (Å²) >= 11 is 6.30. The largest absolute Gasteiger partial charge is 0.342 e. The highest BCUT2D eigenvalue weighted by Crippen LogP contribution is 2.33. The summed E-state index contributed by atoms with van der Waals surface area (Å²) < 4.78 is 2.00. The van der Waals surface area contributed by atoms with Crippen molar-refractivity contribution in [2.24, 2.45) is 17.8 Å². The minimum absolute atomic E-state index is 0.0375. The Hall–Kier alpha value is -6.15. The number of nitrogens with one attached hydrogen (secondary N) is 1. The number of nitrogens with zero attached hydrogens (tertiary/aromatic N) is 5. The van der Waals surface area contributed by atoms with E-state index in [-0.39, 0.29) is 41.9 Å². The molecule has 10 nitrogen and oxygen atoms in total. The zero-order valence-corrected chi connectivity index (χ0v) is 34.1. The maximum atomic E-state index is 13.5. The van der Waals surface area contributed by atoms with Gasteiger partial charge in [-0.1, -0.05) is 59.5 Å². The van der Waals surface area contributed by atoms with Crippen molar-refractivity contribution in [1.29, 1.82) is 5.26 Å². The van der Waals surface area contributed by atoms with Crippen LogP contribution in [0, 0.1) is 66.6 Å². The van der Waals surface area contributed by atoms with Gasteiger partial charge in [-0.3, -0.25) is 29.2 Å². The minimum Gasteiger partial charge on any atom is -0.342 e. The molecule has 3 fully saturated rings. The Bertz CT molecular complexity index is 2510. The molecule has 1 atom stereocenters. The Morgan fingerprint density at radius 1 is 0.881 bits per heavy atom. The van der Waals surface area contributed by atoms with E-state index in [1.807, 2.05) is 27.8 Å². The van der Waals surface area contributed by atoms with E-state index in [0.29, 0.717) is 48.7 Å². The maximum absolute atomic E-state index is 13.5. The number of hydrogen-bond acceptors (Lipinski definition) is 6. The smallest absolute Gasteiger partial charge is 0.255 e. The summed E-state index contributed by atoms with van der Waals surface area (Å²) in [5.74, 6) is 13.4. The number of halogens is 1. The Morgan fingerprint density at radius 2 is 1.61 bits per heavy atom. The van der Waals surface area contributed by atoms with E-state index in [4.69, 9.17) is 16.7 Å². The van der Waals surface area contributed by atoms with E-state index in [1.54, 1.807) is 23.1 Å². The number of nitriles is 1. The molecule has 3 aliphatic heterocycles. The molecule has 0 spiro atoms. The van der Waals surface area contributed by atoms with Crippen LogP contribution in [0.4, 0.5) is 0 Å². The lowest BCUT2D eigenvalue weighted by Crippen LogP contribution is -2.52. The molecule has 2 saturated heterocycles. The van der Waals surface area contributed by atoms with Crippen LogP contribution < -0.4 is 5.32 Å². The average Bonchev–Trinajstić information content (AvgIpc) is 3.73. The Kier molecular flexibility index (Phi) is 11.4. The number of carbonyl (C=O) groups is 4. The molecule has 1 aliphatic carbocycles. The zero-order chi connectivity index (χ0) is 41.2. The molecule has 4 aliphatic rings. The molecule has 0 bridgehead atoms. The minimum atomic E-state index is -0.656. The lowest BCUT2D eigenvalue weighted by molar-refractivity contribution is -0.138. The molecule has 4 amide bonds. The lowest BCUT2D eigenvalue weighted by atomic mass is 9.81. The first-order chi connectivity index (χ1) is 28.6. The van der Waals surface area contributed by atoms with Gasteiger partial charge in [0.1, 0.15) is 12.1 Å². The van der Waals surface area contributed by atoms with Crippen LogP contribution in [0.3, 0.4) is 0 Å². The zero-order valence-electron chi connectivity index (χ0n) is 33.3. The van der Waals surface area contributed by atoms with E-state index in [2.05, 4.69) is 73.2 Å². The van der Waals surface area contributed by atoms with Gasteiger partial charge in [0.25, 0.3) is 5.91 Å². The lowest BCUT2D eigenvalue weighted by Gasteiger charge is -2.34. The number of rotatable bonds is 5. The molecule has 59 heavy (non-hydrogen) atoms. The highest BCUT2D eigenvalue weighted by Gasteiger charge is 2.40. The fourth-order valence-corrected chi connectivity index (χ4v) is 8.96. The van der Waals surface area contributed by atoms with Crippen LogP contribution in [-0.4, -0.2) is 62.3 Å². The quantitative estimate of drug-likeness (QED) is 0.172. The number of likely N-dealkylation sites (tertiary alicyclic amines) is 1. The summed E-state index contributed by atoms with van der Waals surface area (Å²) in [4.78, 5) is 54.4. The van der Waals surface area contributed by atoms with Crippen molar-refractivity contribution in [3.63, 3.8) is 0 Å². The predicted octanol–water partition coefficient (Wildman–Crippen LogP) is 6.95. The Balaban J connectivity index is 0.799. The Labute approximate surface area is 349 Å². The fraction of sp³-hybridized carbons (Fsp3) is 0.375. The second-order valence-corrected chi connectivity index (χ2v) is 16.5. The molecule has 1 aromatic heterocycles. The first-order valence-corrected chi connectivity index (χ1v) is 20.9. The fourth-order valence-electron chi connectivity index (χ4n) is 8.74. The van der Waals surface area contributed by atoms with Crippen molar-refractivity contribution < 1.29 is 19.2 Å². The molecule has 8 rings (SSSR count). The summed E-state index contributed by atoms with van der Waals surface area (Å²) in [5, 5.41) is 16.9. The van der Waals surface area contributed by atoms with Gasteiger partial charge < -0.3 is 9.80 Å². The molecule has 4 aromatic rings. The molecular weight excluding hydrogens is 760 g/mol. The second kappa shape index (κ2) is 17.0. The number of piperidine rings is 2. The summed E-state index contributed by atoms with van der Waals surface area (Å²) in [6, 6.07) is 20.7. The number of amides is 4. The van der Waals surface area contributed by atoms with Gasteiger partial charge in [-0.25, -0.2) is 0 Å². The highest BCUT2D eigenvalue weighted by atomic mass is 35.5. The molecule has 1 unspecified atom stereocenters. The molecule has 1 saturated carbocycles. The van der Waals surface area contributed by atoms with Gasteiger partial charge in [-0.05, 0) is 112 Å². The maximum Gasteiger partial charge on any atom is 0.255 e. The monoisotopic (exact) mass is 804 g/mol. The third kappa shape index (κ3) is 8.40. The normalized spacial score (nSPS) is 20.5. The van der Waals surface area contributed by atoms with Gasteiger partial charge in [0.2, 0.25) is 17.7 Å². The van der Waals surface area contributed by atoms with Crippen molar-refractivity contribution in [3.8, 4) is 41.0 Å². The number of aromatic nitrogens is 2. The number of benzene rings is 3. The van der Waals surface area contributed by atoms with Crippen LogP contribution in [0.15, 0.2) is 60.7 Å². The van der Waals surface area contributed by atoms with E-state index in [0.717, 1.165) is 83.3 Å². The Morgan fingerprint density at radius 3 is 2.32 bits per heavy atom. The van der Waals surface area contributed by atoms with Gasteiger partial charge in [0.05, 0.1) is 22.8 Å². The summed E-state index contributed by atoms with van der Waals surface area (Å²) in [6.45, 7) is 6.42. The van der Waals surface area contributed by atoms with E-state index < -0.39 is 11.9 Å². The summed E-state index contributed by atoms with van der Waals surface area (Å²) in [6.07, 6.45) is 5.70. The van der Waals surface area contributed by atoms with Crippen LogP contribution in [0.2, 0.25) is 5.02 Å². The first-order valence-electron chi connectivity index (χ1n) is 20.5.